The Kier molecular flexibility index (Phi) is 10.7. The molecule has 13 heteroatoms. The van der Waals surface area contributed by atoms with E-state index in [2.05, 4.69) is 20.6 Å². The van der Waals surface area contributed by atoms with Gasteiger partial charge in [0.25, 0.3) is 11.8 Å². The lowest BCUT2D eigenvalue weighted by Gasteiger charge is -2.25. The molecule has 2 rings (SSSR count). The van der Waals surface area contributed by atoms with E-state index in [-0.39, 0.29) is 34.6 Å². The Bertz CT molecular complexity index is 1230. The number of aromatic nitrogens is 1. The highest BCUT2D eigenvalue weighted by atomic mass is 16.7. The van der Waals surface area contributed by atoms with Gasteiger partial charge in [0.2, 0.25) is 6.79 Å². The number of nitrogens with zero attached hydrogens (tertiary/aromatic N) is 2. The predicted octanol–water partition coefficient (Wildman–Crippen LogP) is 1.98. The van der Waals surface area contributed by atoms with Gasteiger partial charge in [-0.2, -0.15) is 0 Å². The molecule has 204 valence electrons. The summed E-state index contributed by atoms with van der Waals surface area (Å²) in [4.78, 5) is 58.3. The number of aromatic amines is 1. The highest BCUT2D eigenvalue weighted by Gasteiger charge is 2.30. The van der Waals surface area contributed by atoms with Crippen molar-refractivity contribution in [3.8, 4) is 0 Å². The summed E-state index contributed by atoms with van der Waals surface area (Å²) in [5, 5.41) is 13.0. The average Bonchev–Trinajstić information content (AvgIpc) is 3.25. The molecule has 0 radical (unpaired) electrons. The van der Waals surface area contributed by atoms with Crippen LogP contribution in [0.1, 0.15) is 58.3 Å². The zero-order valence-corrected chi connectivity index (χ0v) is 22.0. The number of esters is 1. The van der Waals surface area contributed by atoms with E-state index in [9.17, 15) is 19.2 Å². The van der Waals surface area contributed by atoms with Gasteiger partial charge in [-0.15, -0.1) is 0 Å². The van der Waals surface area contributed by atoms with Gasteiger partial charge in [0.05, 0.1) is 16.9 Å². The lowest BCUT2D eigenvalue weighted by Crippen LogP contribution is -2.40. The van der Waals surface area contributed by atoms with Gasteiger partial charge in [-0.3, -0.25) is 19.8 Å². The number of ether oxygens (including phenoxy) is 2. The Balaban J connectivity index is 2.65. The molecular formula is C25H33N7O6. The molecule has 3 amide bonds. The molecule has 0 saturated heterocycles. The van der Waals surface area contributed by atoms with Crippen molar-refractivity contribution in [3.63, 3.8) is 0 Å². The SMILES string of the molecule is CCNC(=O)c1ccc(C)c(N(C(=O)OCOC(=O)C(C)N)C(=NC=N)c2[nH]cc(C(=O)NCC)c2C)c1. The number of nitrogens with two attached hydrogens (primary N) is 1. The number of amides is 3. The van der Waals surface area contributed by atoms with Gasteiger partial charge in [-0.25, -0.2) is 14.7 Å². The minimum atomic E-state index is -1.02. The first-order chi connectivity index (χ1) is 18.1. The highest BCUT2D eigenvalue weighted by Crippen LogP contribution is 2.27. The van der Waals surface area contributed by atoms with Crippen LogP contribution in [-0.2, 0) is 14.3 Å². The van der Waals surface area contributed by atoms with E-state index in [1.54, 1.807) is 39.8 Å². The third kappa shape index (κ3) is 7.03. The maximum atomic E-state index is 13.4. The molecule has 0 aliphatic heterocycles. The summed E-state index contributed by atoms with van der Waals surface area (Å²) in [6, 6.07) is 3.78. The zero-order chi connectivity index (χ0) is 28.4. The third-order valence-corrected chi connectivity index (χ3v) is 5.33. The minimum Gasteiger partial charge on any atom is -0.427 e. The van der Waals surface area contributed by atoms with Gasteiger partial charge >= 0.3 is 12.1 Å². The fourth-order valence-electron chi connectivity index (χ4n) is 3.40. The Morgan fingerprint density at radius 3 is 2.39 bits per heavy atom. The summed E-state index contributed by atoms with van der Waals surface area (Å²) in [5.74, 6) is -1.58. The van der Waals surface area contributed by atoms with Crippen LogP contribution in [0.3, 0.4) is 0 Å². The van der Waals surface area contributed by atoms with Crippen molar-refractivity contribution >= 4 is 41.7 Å². The quantitative estimate of drug-likeness (QED) is 0.135. The monoisotopic (exact) mass is 527 g/mol. The second kappa shape index (κ2) is 13.7. The van der Waals surface area contributed by atoms with Crippen LogP contribution in [0, 0.1) is 19.3 Å². The largest absolute Gasteiger partial charge is 0.427 e. The van der Waals surface area contributed by atoms with Crippen molar-refractivity contribution in [1.82, 2.24) is 15.6 Å². The molecule has 0 aliphatic carbocycles. The number of H-pyrrole nitrogens is 1. The van der Waals surface area contributed by atoms with Gasteiger partial charge in [-0.05, 0) is 57.9 Å². The molecule has 1 heterocycles. The summed E-state index contributed by atoms with van der Waals surface area (Å²) in [7, 11) is 0. The zero-order valence-electron chi connectivity index (χ0n) is 22.0. The Morgan fingerprint density at radius 1 is 1.13 bits per heavy atom. The van der Waals surface area contributed by atoms with E-state index < -0.39 is 24.9 Å². The average molecular weight is 528 g/mol. The lowest BCUT2D eigenvalue weighted by molar-refractivity contribution is -0.152. The Morgan fingerprint density at radius 2 is 1.79 bits per heavy atom. The van der Waals surface area contributed by atoms with Gasteiger partial charge in [0.1, 0.15) is 12.4 Å². The second-order valence-electron chi connectivity index (χ2n) is 8.12. The maximum absolute atomic E-state index is 13.4. The van der Waals surface area contributed by atoms with Crippen molar-refractivity contribution in [2.45, 2.75) is 40.7 Å². The van der Waals surface area contributed by atoms with Gasteiger partial charge in [0, 0.05) is 24.8 Å². The number of carbonyl (C=O) groups excluding carboxylic acids is 4. The topological polar surface area (TPSA) is 192 Å². The van der Waals surface area contributed by atoms with E-state index in [1.165, 1.54) is 19.2 Å². The normalized spacial score (nSPS) is 11.8. The predicted molar refractivity (Wildman–Crippen MR) is 142 cm³/mol. The maximum Gasteiger partial charge on any atom is 0.423 e. The van der Waals surface area contributed by atoms with E-state index in [0.29, 0.717) is 29.8 Å². The van der Waals surface area contributed by atoms with Gasteiger partial charge < -0.3 is 30.8 Å². The molecule has 0 saturated carbocycles. The first kappa shape index (κ1) is 29.7. The highest BCUT2D eigenvalue weighted by molar-refractivity contribution is 6.24. The molecule has 0 aliphatic rings. The molecule has 38 heavy (non-hydrogen) atoms. The molecular weight excluding hydrogens is 494 g/mol. The summed E-state index contributed by atoms with van der Waals surface area (Å²) in [5.41, 5.74) is 7.53. The van der Waals surface area contributed by atoms with E-state index >= 15 is 0 Å². The van der Waals surface area contributed by atoms with Crippen molar-refractivity contribution in [2.24, 2.45) is 10.7 Å². The number of nitrogens with one attached hydrogen (secondary N) is 4. The van der Waals surface area contributed by atoms with Crippen LogP contribution in [0.4, 0.5) is 10.5 Å². The number of benzene rings is 1. The molecule has 1 aromatic heterocycles. The van der Waals surface area contributed by atoms with Crippen molar-refractivity contribution in [2.75, 3.05) is 24.8 Å². The van der Waals surface area contributed by atoms with Crippen molar-refractivity contribution < 1.29 is 28.7 Å². The van der Waals surface area contributed by atoms with Crippen LogP contribution < -0.4 is 21.3 Å². The molecule has 0 spiro atoms. The number of anilines is 1. The first-order valence-corrected chi connectivity index (χ1v) is 11.9. The summed E-state index contributed by atoms with van der Waals surface area (Å²) >= 11 is 0. The van der Waals surface area contributed by atoms with Crippen LogP contribution in [0.5, 0.6) is 0 Å². The Hall–Kier alpha value is -4.52. The molecule has 1 atom stereocenters. The number of aliphatic imine (C=N–C) groups is 1. The van der Waals surface area contributed by atoms with Crippen LogP contribution >= 0.6 is 0 Å². The van der Waals surface area contributed by atoms with Crippen LogP contribution in [0.2, 0.25) is 0 Å². The molecule has 1 aromatic carbocycles. The molecule has 0 bridgehead atoms. The van der Waals surface area contributed by atoms with E-state index in [0.717, 1.165) is 11.2 Å². The molecule has 6 N–H and O–H groups in total. The number of carbonyl (C=O) groups is 4. The minimum absolute atomic E-state index is 0.0901. The molecule has 1 unspecified atom stereocenters. The van der Waals surface area contributed by atoms with E-state index in [4.69, 9.17) is 20.6 Å². The smallest absolute Gasteiger partial charge is 0.423 e. The van der Waals surface area contributed by atoms with Crippen molar-refractivity contribution in [1.29, 1.82) is 5.41 Å². The summed E-state index contributed by atoms with van der Waals surface area (Å²) in [6.07, 6.45) is 1.16. The van der Waals surface area contributed by atoms with Crippen molar-refractivity contribution in [3.05, 3.63) is 52.3 Å². The third-order valence-electron chi connectivity index (χ3n) is 5.33. The fraction of sp³-hybridized carbons (Fsp3) is 0.360. The first-order valence-electron chi connectivity index (χ1n) is 11.9. The number of aryl methyl sites for hydroxylation is 1. The molecule has 2 aromatic rings. The summed E-state index contributed by atoms with van der Waals surface area (Å²) < 4.78 is 10.1. The lowest BCUT2D eigenvalue weighted by atomic mass is 10.1. The fourth-order valence-corrected chi connectivity index (χ4v) is 3.40. The second-order valence-corrected chi connectivity index (χ2v) is 8.12. The van der Waals surface area contributed by atoms with Gasteiger partial charge in [-0.1, -0.05) is 6.07 Å². The van der Waals surface area contributed by atoms with Crippen LogP contribution in [-0.4, -0.2) is 67.0 Å². The number of rotatable bonds is 10. The van der Waals surface area contributed by atoms with E-state index in [1.807, 2.05) is 0 Å². The molecule has 13 nitrogen and oxygen atoms in total. The summed E-state index contributed by atoms with van der Waals surface area (Å²) in [6.45, 7) is 8.39. The Labute approximate surface area is 220 Å². The molecule has 0 fully saturated rings. The number of amidine groups is 1. The van der Waals surface area contributed by atoms with Gasteiger partial charge in [0.15, 0.2) is 5.84 Å². The standard InChI is InChI=1S/C25H33N7O6/c1-6-28-22(33)17-9-8-14(3)19(10-17)32(25(36)38-13-37-24(35)16(5)27)21(31-12-26)20-15(4)18(11-30-20)23(34)29-7-2/h8-12,16,26,30H,6-7,13,27H2,1-5H3,(H,28,33)(H,29,34). The number of hydrogen-bond acceptors (Lipinski definition) is 8. The number of hydrogen-bond donors (Lipinski definition) is 5. The van der Waals surface area contributed by atoms with Crippen LogP contribution in [0.25, 0.3) is 0 Å². The van der Waals surface area contributed by atoms with Crippen LogP contribution in [0.15, 0.2) is 29.4 Å².